The third kappa shape index (κ3) is 5.46. The Balaban J connectivity index is 2.56. The molecule has 0 aliphatic heterocycles. The minimum absolute atomic E-state index is 0.0649. The number of rotatable bonds is 7. The van der Waals surface area contributed by atoms with Crippen LogP contribution in [0.4, 0.5) is 0 Å². The summed E-state index contributed by atoms with van der Waals surface area (Å²) < 4.78 is 0. The highest BCUT2D eigenvalue weighted by Gasteiger charge is 2.14. The molecule has 0 fully saturated rings. The molecule has 0 unspecified atom stereocenters. The van der Waals surface area contributed by atoms with Crippen LogP contribution in [0.3, 0.4) is 0 Å². The molecule has 19 heavy (non-hydrogen) atoms. The molecule has 0 aliphatic carbocycles. The predicted molar refractivity (Wildman–Crippen MR) is 81.3 cm³/mol. The van der Waals surface area contributed by atoms with Crippen molar-refractivity contribution in [3.63, 3.8) is 0 Å². The van der Waals surface area contributed by atoms with Crippen LogP contribution in [0.15, 0.2) is 24.3 Å². The van der Waals surface area contributed by atoms with E-state index in [1.165, 1.54) is 5.56 Å². The number of amides is 1. The molecule has 1 aromatic carbocycles. The Labute approximate surface area is 117 Å². The van der Waals surface area contributed by atoms with E-state index in [1.807, 2.05) is 6.92 Å². The zero-order valence-corrected chi connectivity index (χ0v) is 12.7. The van der Waals surface area contributed by atoms with Gasteiger partial charge in [-0.3, -0.25) is 4.79 Å². The van der Waals surface area contributed by atoms with Crippen molar-refractivity contribution in [3.05, 3.63) is 35.4 Å². The molecule has 0 heterocycles. The molecular formula is C17H27NO. The molecule has 2 nitrogen and oxygen atoms in total. The fraction of sp³-hybridized carbons (Fsp3) is 0.588. The number of hydrogen-bond donors (Lipinski definition) is 1. The SMILES string of the molecule is CCCCNC(=O)[C@@H](C)c1ccc(CC(C)C)cc1. The van der Waals surface area contributed by atoms with Crippen molar-refractivity contribution in [2.24, 2.45) is 5.92 Å². The summed E-state index contributed by atoms with van der Waals surface area (Å²) in [6.45, 7) is 9.32. The minimum atomic E-state index is -0.0649. The molecular weight excluding hydrogens is 234 g/mol. The zero-order chi connectivity index (χ0) is 14.3. The second kappa shape index (κ2) is 7.98. The van der Waals surface area contributed by atoms with Gasteiger partial charge in [-0.25, -0.2) is 0 Å². The lowest BCUT2D eigenvalue weighted by Gasteiger charge is -2.13. The van der Waals surface area contributed by atoms with E-state index < -0.39 is 0 Å². The first-order valence-corrected chi connectivity index (χ1v) is 7.41. The van der Waals surface area contributed by atoms with E-state index in [9.17, 15) is 4.79 Å². The van der Waals surface area contributed by atoms with Crippen molar-refractivity contribution in [3.8, 4) is 0 Å². The molecule has 106 valence electrons. The summed E-state index contributed by atoms with van der Waals surface area (Å²) in [5, 5.41) is 2.99. The van der Waals surface area contributed by atoms with Crippen LogP contribution >= 0.6 is 0 Å². The summed E-state index contributed by atoms with van der Waals surface area (Å²) in [6, 6.07) is 8.46. The molecule has 2 heteroatoms. The smallest absolute Gasteiger partial charge is 0.227 e. The van der Waals surface area contributed by atoms with Gasteiger partial charge in [-0.2, -0.15) is 0 Å². The lowest BCUT2D eigenvalue weighted by atomic mass is 9.96. The maximum absolute atomic E-state index is 12.0. The summed E-state index contributed by atoms with van der Waals surface area (Å²) in [6.07, 6.45) is 3.25. The van der Waals surface area contributed by atoms with Gasteiger partial charge in [0.1, 0.15) is 0 Å². The maximum atomic E-state index is 12.0. The van der Waals surface area contributed by atoms with E-state index in [4.69, 9.17) is 0 Å². The highest BCUT2D eigenvalue weighted by Crippen LogP contribution is 2.17. The van der Waals surface area contributed by atoms with Gasteiger partial charge in [0.2, 0.25) is 5.91 Å². The lowest BCUT2D eigenvalue weighted by Crippen LogP contribution is -2.28. The minimum Gasteiger partial charge on any atom is -0.356 e. The summed E-state index contributed by atoms with van der Waals surface area (Å²) in [4.78, 5) is 12.0. The number of nitrogens with one attached hydrogen (secondary N) is 1. The van der Waals surface area contributed by atoms with Crippen LogP contribution in [0.2, 0.25) is 0 Å². The highest BCUT2D eigenvalue weighted by molar-refractivity contribution is 5.83. The van der Waals surface area contributed by atoms with Gasteiger partial charge >= 0.3 is 0 Å². The Morgan fingerprint density at radius 1 is 1.16 bits per heavy atom. The van der Waals surface area contributed by atoms with Gasteiger partial charge in [-0.05, 0) is 36.8 Å². The van der Waals surface area contributed by atoms with Crippen molar-refractivity contribution in [2.75, 3.05) is 6.54 Å². The summed E-state index contributed by atoms with van der Waals surface area (Å²) >= 11 is 0. The van der Waals surface area contributed by atoms with Crippen molar-refractivity contribution >= 4 is 5.91 Å². The van der Waals surface area contributed by atoms with Gasteiger partial charge in [0.15, 0.2) is 0 Å². The van der Waals surface area contributed by atoms with Crippen LogP contribution in [-0.4, -0.2) is 12.5 Å². The van der Waals surface area contributed by atoms with E-state index in [0.717, 1.165) is 31.4 Å². The first-order chi connectivity index (χ1) is 9.04. The molecule has 0 aliphatic rings. The van der Waals surface area contributed by atoms with E-state index in [2.05, 4.69) is 50.4 Å². The number of carbonyl (C=O) groups excluding carboxylic acids is 1. The summed E-state index contributed by atoms with van der Waals surface area (Å²) in [5.74, 6) is 0.732. The third-order valence-electron chi connectivity index (χ3n) is 3.35. The largest absolute Gasteiger partial charge is 0.356 e. The molecule has 1 amide bonds. The quantitative estimate of drug-likeness (QED) is 0.741. The van der Waals surface area contributed by atoms with Gasteiger partial charge in [0.25, 0.3) is 0 Å². The molecule has 1 aromatic rings. The molecule has 1 rings (SSSR count). The molecule has 1 N–H and O–H groups in total. The third-order valence-corrected chi connectivity index (χ3v) is 3.35. The number of carbonyl (C=O) groups is 1. The fourth-order valence-corrected chi connectivity index (χ4v) is 2.11. The Morgan fingerprint density at radius 2 is 1.79 bits per heavy atom. The lowest BCUT2D eigenvalue weighted by molar-refractivity contribution is -0.122. The Morgan fingerprint density at radius 3 is 2.32 bits per heavy atom. The van der Waals surface area contributed by atoms with Crippen LogP contribution in [0.25, 0.3) is 0 Å². The molecule has 0 saturated carbocycles. The van der Waals surface area contributed by atoms with Gasteiger partial charge in [-0.1, -0.05) is 51.5 Å². The van der Waals surface area contributed by atoms with Gasteiger partial charge < -0.3 is 5.32 Å². The number of unbranched alkanes of at least 4 members (excludes halogenated alkanes) is 1. The topological polar surface area (TPSA) is 29.1 Å². The van der Waals surface area contributed by atoms with Crippen LogP contribution in [-0.2, 0) is 11.2 Å². The van der Waals surface area contributed by atoms with Crippen LogP contribution in [0, 0.1) is 5.92 Å². The van der Waals surface area contributed by atoms with Crippen molar-refractivity contribution in [1.82, 2.24) is 5.32 Å². The maximum Gasteiger partial charge on any atom is 0.227 e. The van der Waals surface area contributed by atoms with Crippen molar-refractivity contribution in [2.45, 2.75) is 52.9 Å². The average Bonchev–Trinajstić information content (AvgIpc) is 2.38. The Kier molecular flexibility index (Phi) is 6.61. The van der Waals surface area contributed by atoms with Gasteiger partial charge in [0.05, 0.1) is 5.92 Å². The summed E-state index contributed by atoms with van der Waals surface area (Å²) in [5.41, 5.74) is 2.44. The number of hydrogen-bond acceptors (Lipinski definition) is 1. The molecule has 0 bridgehead atoms. The second-order valence-electron chi connectivity index (χ2n) is 5.71. The van der Waals surface area contributed by atoms with Gasteiger partial charge in [0, 0.05) is 6.54 Å². The van der Waals surface area contributed by atoms with Crippen LogP contribution in [0.5, 0.6) is 0 Å². The van der Waals surface area contributed by atoms with Crippen LogP contribution < -0.4 is 5.32 Å². The fourth-order valence-electron chi connectivity index (χ4n) is 2.11. The van der Waals surface area contributed by atoms with Gasteiger partial charge in [-0.15, -0.1) is 0 Å². The van der Waals surface area contributed by atoms with Crippen molar-refractivity contribution < 1.29 is 4.79 Å². The average molecular weight is 261 g/mol. The normalized spacial score (nSPS) is 12.5. The second-order valence-corrected chi connectivity index (χ2v) is 5.71. The standard InChI is InChI=1S/C17H27NO/c1-5-6-11-18-17(19)14(4)16-9-7-15(8-10-16)12-13(2)3/h7-10,13-14H,5-6,11-12H2,1-4H3,(H,18,19)/t14-/m0/s1. The molecule has 0 saturated heterocycles. The predicted octanol–water partition coefficient (Wildman–Crippen LogP) is 3.90. The summed E-state index contributed by atoms with van der Waals surface area (Å²) in [7, 11) is 0. The van der Waals surface area contributed by atoms with E-state index in [-0.39, 0.29) is 11.8 Å². The Bertz CT molecular complexity index is 381. The first-order valence-electron chi connectivity index (χ1n) is 7.41. The molecule has 0 aromatic heterocycles. The molecule has 0 spiro atoms. The molecule has 0 radical (unpaired) electrons. The number of benzene rings is 1. The van der Waals surface area contributed by atoms with E-state index >= 15 is 0 Å². The van der Waals surface area contributed by atoms with Crippen LogP contribution in [0.1, 0.15) is 57.6 Å². The van der Waals surface area contributed by atoms with Crippen molar-refractivity contribution in [1.29, 1.82) is 0 Å². The molecule has 1 atom stereocenters. The monoisotopic (exact) mass is 261 g/mol. The van der Waals surface area contributed by atoms with E-state index in [1.54, 1.807) is 0 Å². The highest BCUT2D eigenvalue weighted by atomic mass is 16.1. The first kappa shape index (κ1) is 15.7. The zero-order valence-electron chi connectivity index (χ0n) is 12.7. The van der Waals surface area contributed by atoms with E-state index in [0.29, 0.717) is 5.92 Å². The Hall–Kier alpha value is -1.31.